The minimum atomic E-state index is -1.15. The first kappa shape index (κ1) is 25.0. The summed E-state index contributed by atoms with van der Waals surface area (Å²) < 4.78 is 12.6. The molecule has 11 nitrogen and oxygen atoms in total. The van der Waals surface area contributed by atoms with Gasteiger partial charge in [0.05, 0.1) is 17.7 Å². The van der Waals surface area contributed by atoms with Crippen LogP contribution in [0.2, 0.25) is 0 Å². The molecule has 1 aromatic carbocycles. The van der Waals surface area contributed by atoms with Crippen molar-refractivity contribution in [1.29, 1.82) is 0 Å². The van der Waals surface area contributed by atoms with E-state index in [9.17, 15) is 29.4 Å². The fourth-order valence-electron chi connectivity index (χ4n) is 4.44. The van der Waals surface area contributed by atoms with Crippen molar-refractivity contribution in [3.8, 4) is 0 Å². The third-order valence-corrected chi connectivity index (χ3v) is 6.38. The quantitative estimate of drug-likeness (QED) is 0.321. The van der Waals surface area contributed by atoms with Gasteiger partial charge in [-0.3, -0.25) is 28.8 Å². The van der Waals surface area contributed by atoms with Gasteiger partial charge in [-0.05, 0) is 31.9 Å². The Morgan fingerprint density at radius 1 is 1.03 bits per heavy atom. The number of hydrogen-bond acceptors (Lipinski definition) is 8. The van der Waals surface area contributed by atoms with Crippen molar-refractivity contribution in [3.63, 3.8) is 0 Å². The molecule has 2 aromatic rings. The van der Waals surface area contributed by atoms with Crippen molar-refractivity contribution in [1.82, 2.24) is 14.5 Å². The number of benzene rings is 1. The fourth-order valence-corrected chi connectivity index (χ4v) is 4.44. The summed E-state index contributed by atoms with van der Waals surface area (Å²) in [5.41, 5.74) is -0.0289. The summed E-state index contributed by atoms with van der Waals surface area (Å²) in [6.07, 6.45) is 0.173. The van der Waals surface area contributed by atoms with Crippen molar-refractivity contribution < 1.29 is 29.3 Å². The van der Waals surface area contributed by atoms with Crippen LogP contribution in [0.15, 0.2) is 40.1 Å². The maximum atomic E-state index is 12.4. The highest BCUT2D eigenvalue weighted by molar-refractivity contribution is 6.21. The molecule has 0 spiro atoms. The van der Waals surface area contributed by atoms with Crippen molar-refractivity contribution in [2.45, 2.75) is 57.1 Å². The Morgan fingerprint density at radius 2 is 1.69 bits per heavy atom. The molecule has 11 heteroatoms. The first-order valence-corrected chi connectivity index (χ1v) is 11.7. The maximum Gasteiger partial charge on any atom is 0.330 e. The first-order chi connectivity index (χ1) is 16.8. The number of aliphatic hydroxyl groups is 2. The number of rotatable bonds is 10. The molecule has 0 radical (unpaired) electrons. The molecule has 2 aliphatic heterocycles. The van der Waals surface area contributed by atoms with E-state index in [1.165, 1.54) is 11.1 Å². The number of unbranched alkanes of at least 4 members (excludes halogenated alkanes) is 3. The second-order valence-electron chi connectivity index (χ2n) is 8.77. The predicted octanol–water partition coefficient (Wildman–Crippen LogP) is 0.337. The molecule has 1 fully saturated rings. The van der Waals surface area contributed by atoms with E-state index < -0.39 is 42.4 Å². The number of amides is 2. The topological polar surface area (TPSA) is 151 Å². The summed E-state index contributed by atoms with van der Waals surface area (Å²) in [6, 6.07) is 6.79. The number of nitrogens with one attached hydrogen (secondary N) is 1. The van der Waals surface area contributed by atoms with Gasteiger partial charge in [0.15, 0.2) is 6.23 Å². The van der Waals surface area contributed by atoms with Crippen LogP contribution in [0.4, 0.5) is 0 Å². The standard InChI is InChI=1S/C24H29N3O8/c1-14-12-27(24(33)25-20(14)30)23-19(18(29)17(13-28)35-23)34-11-7-3-2-6-10-26-21(31)15-8-4-5-9-16(15)22(26)32/h4-5,8-9,12,17-19,23,28-29H,2-3,6-7,10-11,13H2,1H3,(H,25,30,33)/t17-,18+,19?,23-/m1/s1. The second kappa shape index (κ2) is 10.6. The van der Waals surface area contributed by atoms with E-state index in [1.807, 2.05) is 0 Å². The summed E-state index contributed by atoms with van der Waals surface area (Å²) in [5.74, 6) is -0.525. The predicted molar refractivity (Wildman–Crippen MR) is 123 cm³/mol. The van der Waals surface area contributed by atoms with Crippen molar-refractivity contribution >= 4 is 11.8 Å². The molecule has 0 bridgehead atoms. The van der Waals surface area contributed by atoms with Gasteiger partial charge in [0.2, 0.25) is 0 Å². The van der Waals surface area contributed by atoms with Crippen LogP contribution in [-0.2, 0) is 9.47 Å². The number of hydrogen-bond donors (Lipinski definition) is 3. The zero-order valence-corrected chi connectivity index (χ0v) is 19.4. The molecule has 4 atom stereocenters. The minimum absolute atomic E-state index is 0.263. The monoisotopic (exact) mass is 487 g/mol. The Labute approximate surface area is 200 Å². The van der Waals surface area contributed by atoms with Crippen LogP contribution in [-0.4, -0.2) is 74.5 Å². The Kier molecular flexibility index (Phi) is 7.60. The Hall–Kier alpha value is -3.12. The highest BCUT2D eigenvalue weighted by atomic mass is 16.6. The van der Waals surface area contributed by atoms with E-state index >= 15 is 0 Å². The Balaban J connectivity index is 1.26. The second-order valence-corrected chi connectivity index (χ2v) is 8.77. The lowest BCUT2D eigenvalue weighted by Crippen LogP contribution is -2.40. The van der Waals surface area contributed by atoms with E-state index in [1.54, 1.807) is 31.2 Å². The largest absolute Gasteiger partial charge is 0.394 e. The molecule has 3 N–H and O–H groups in total. The van der Waals surface area contributed by atoms with Gasteiger partial charge in [-0.2, -0.15) is 0 Å². The third kappa shape index (κ3) is 4.98. The Morgan fingerprint density at radius 3 is 2.34 bits per heavy atom. The molecule has 1 saturated heterocycles. The van der Waals surface area contributed by atoms with Gasteiger partial charge in [-0.25, -0.2) is 4.79 Å². The normalized spacial score (nSPS) is 23.8. The molecule has 35 heavy (non-hydrogen) atoms. The molecule has 188 valence electrons. The van der Waals surface area contributed by atoms with Crippen LogP contribution in [0, 0.1) is 6.92 Å². The number of nitrogens with zero attached hydrogens (tertiary/aromatic N) is 2. The molecule has 1 unspecified atom stereocenters. The zero-order valence-electron chi connectivity index (χ0n) is 19.4. The fraction of sp³-hybridized carbons (Fsp3) is 0.500. The van der Waals surface area contributed by atoms with Crippen molar-refractivity contribution in [2.24, 2.45) is 0 Å². The van der Waals surface area contributed by atoms with Crippen LogP contribution in [0.5, 0.6) is 0 Å². The molecular formula is C24H29N3O8. The smallest absolute Gasteiger partial charge is 0.330 e. The first-order valence-electron chi connectivity index (χ1n) is 11.7. The van der Waals surface area contributed by atoms with E-state index in [-0.39, 0.29) is 18.4 Å². The molecule has 2 amide bonds. The number of aromatic nitrogens is 2. The van der Waals surface area contributed by atoms with Gasteiger partial charge in [-0.1, -0.05) is 25.0 Å². The number of aliphatic hydroxyl groups excluding tert-OH is 2. The number of ether oxygens (including phenoxy) is 2. The van der Waals surface area contributed by atoms with E-state index in [4.69, 9.17) is 9.47 Å². The SMILES string of the molecule is Cc1cn([C@@H]2O[C@H](CO)[C@H](O)C2OCCCCCCN2C(=O)c3ccccc3C2=O)c(=O)[nH]c1=O. The summed E-state index contributed by atoms with van der Waals surface area (Å²) in [7, 11) is 0. The van der Waals surface area contributed by atoms with E-state index in [0.29, 0.717) is 36.1 Å². The average molecular weight is 488 g/mol. The van der Waals surface area contributed by atoms with Gasteiger partial charge in [0.25, 0.3) is 17.4 Å². The highest BCUT2D eigenvalue weighted by Gasteiger charge is 2.45. The van der Waals surface area contributed by atoms with Crippen LogP contribution in [0.25, 0.3) is 0 Å². The number of imide groups is 1. The number of carbonyl (C=O) groups excluding carboxylic acids is 2. The minimum Gasteiger partial charge on any atom is -0.394 e. The summed E-state index contributed by atoms with van der Waals surface area (Å²) >= 11 is 0. The molecule has 1 aromatic heterocycles. The lowest BCUT2D eigenvalue weighted by Gasteiger charge is -2.22. The van der Waals surface area contributed by atoms with E-state index in [2.05, 4.69) is 4.98 Å². The van der Waals surface area contributed by atoms with Gasteiger partial charge >= 0.3 is 5.69 Å². The van der Waals surface area contributed by atoms with Crippen LogP contribution < -0.4 is 11.2 Å². The summed E-state index contributed by atoms with van der Waals surface area (Å²) in [5, 5.41) is 20.0. The number of fused-ring (bicyclic) bond motifs is 1. The molecule has 3 heterocycles. The molecule has 2 aliphatic rings. The molecule has 0 aliphatic carbocycles. The average Bonchev–Trinajstić information content (AvgIpc) is 3.29. The number of aryl methyl sites for hydroxylation is 1. The zero-order chi connectivity index (χ0) is 25.1. The molecule has 4 rings (SSSR count). The summed E-state index contributed by atoms with van der Waals surface area (Å²) in [6.45, 7) is 1.70. The number of carbonyl (C=O) groups is 2. The highest BCUT2D eigenvalue weighted by Crippen LogP contribution is 2.31. The van der Waals surface area contributed by atoms with Gasteiger partial charge in [-0.15, -0.1) is 0 Å². The number of H-pyrrole nitrogens is 1. The van der Waals surface area contributed by atoms with Gasteiger partial charge < -0.3 is 19.7 Å². The lowest BCUT2D eigenvalue weighted by molar-refractivity contribution is -0.0750. The van der Waals surface area contributed by atoms with Crippen LogP contribution in [0.1, 0.15) is 58.2 Å². The van der Waals surface area contributed by atoms with Gasteiger partial charge in [0.1, 0.15) is 18.3 Å². The van der Waals surface area contributed by atoms with Crippen LogP contribution >= 0.6 is 0 Å². The van der Waals surface area contributed by atoms with Crippen molar-refractivity contribution in [2.75, 3.05) is 19.8 Å². The lowest BCUT2D eigenvalue weighted by atomic mass is 10.1. The Bertz CT molecular complexity index is 1170. The third-order valence-electron chi connectivity index (χ3n) is 6.38. The number of aromatic amines is 1. The molecular weight excluding hydrogens is 458 g/mol. The van der Waals surface area contributed by atoms with Gasteiger partial charge in [0, 0.05) is 24.9 Å². The van der Waals surface area contributed by atoms with Crippen molar-refractivity contribution in [3.05, 3.63) is 68.0 Å². The maximum absolute atomic E-state index is 12.4. The van der Waals surface area contributed by atoms with E-state index in [0.717, 1.165) is 17.4 Å². The molecule has 0 saturated carbocycles. The summed E-state index contributed by atoms with van der Waals surface area (Å²) in [4.78, 5) is 52.2. The van der Waals surface area contributed by atoms with Crippen LogP contribution in [0.3, 0.4) is 0 Å².